The first-order valence-corrected chi connectivity index (χ1v) is 5.12. The summed E-state index contributed by atoms with van der Waals surface area (Å²) in [7, 11) is 0.880. The summed E-state index contributed by atoms with van der Waals surface area (Å²) in [5.74, 6) is -3.48. The second-order valence-corrected chi connectivity index (χ2v) is 5.05. The van der Waals surface area contributed by atoms with Gasteiger partial charge in [0, 0.05) is 11.3 Å². The van der Waals surface area contributed by atoms with E-state index in [2.05, 4.69) is 4.74 Å². The topological polar surface area (TPSA) is 46.5 Å². The largest absolute Gasteiger partial charge is 0.492 e. The van der Waals surface area contributed by atoms with Gasteiger partial charge in [-0.05, 0) is 6.08 Å². The van der Waals surface area contributed by atoms with Crippen LogP contribution in [0.4, 0.5) is 13.2 Å². The third-order valence-corrected chi connectivity index (χ3v) is 4.07. The average Bonchev–Trinajstić information content (AvgIpc) is 2.57. The summed E-state index contributed by atoms with van der Waals surface area (Å²) in [5.41, 5.74) is -0.949. The molecule has 0 bridgehead atoms. The van der Waals surface area contributed by atoms with E-state index in [0.29, 0.717) is 0 Å². The highest BCUT2D eigenvalue weighted by Gasteiger charge is 2.75. The zero-order valence-electron chi connectivity index (χ0n) is 9.43. The lowest BCUT2D eigenvalue weighted by Crippen LogP contribution is -2.21. The predicted octanol–water partition coefficient (Wildman–Crippen LogP) is 2.80. The molecule has 98 valence electrons. The van der Waals surface area contributed by atoms with E-state index < -0.39 is 34.1 Å². The van der Waals surface area contributed by atoms with Gasteiger partial charge < -0.3 is 9.84 Å². The molecule has 0 aromatic heterocycles. The Balaban J connectivity index is 3.06. The molecular weight excluding hydrogens is 261 g/mol. The molecule has 0 saturated heterocycles. The normalized spacial score (nSPS) is 32.2. The van der Waals surface area contributed by atoms with Gasteiger partial charge >= 0.3 is 12.1 Å². The fraction of sp³-hybridized carbons (Fsp3) is 0.700. The molecule has 0 aromatic carbocycles. The molecule has 0 spiro atoms. The summed E-state index contributed by atoms with van der Waals surface area (Å²) >= 11 is 5.82. The summed E-state index contributed by atoms with van der Waals surface area (Å²) < 4.78 is 41.5. The number of ether oxygens (including phenoxy) is 1. The van der Waals surface area contributed by atoms with Crippen molar-refractivity contribution in [1.29, 1.82) is 0 Å². The van der Waals surface area contributed by atoms with Crippen LogP contribution in [0.15, 0.2) is 11.8 Å². The van der Waals surface area contributed by atoms with Crippen molar-refractivity contribution in [1.82, 2.24) is 0 Å². The molecule has 2 unspecified atom stereocenters. The van der Waals surface area contributed by atoms with Gasteiger partial charge in [0.2, 0.25) is 0 Å². The van der Waals surface area contributed by atoms with Crippen molar-refractivity contribution < 1.29 is 27.8 Å². The van der Waals surface area contributed by atoms with Gasteiger partial charge in [0.15, 0.2) is 10.6 Å². The van der Waals surface area contributed by atoms with Crippen LogP contribution >= 0.6 is 11.6 Å². The number of halogens is 4. The van der Waals surface area contributed by atoms with Gasteiger partial charge in [-0.2, -0.15) is 13.2 Å². The molecular formula is C10H12ClF3O3. The Morgan fingerprint density at radius 3 is 2.18 bits per heavy atom. The van der Waals surface area contributed by atoms with Crippen molar-refractivity contribution in [3.63, 3.8) is 0 Å². The van der Waals surface area contributed by atoms with Crippen LogP contribution in [0.1, 0.15) is 13.8 Å². The lowest BCUT2D eigenvalue weighted by atomic mass is 10.1. The van der Waals surface area contributed by atoms with Crippen molar-refractivity contribution in [2.75, 3.05) is 7.11 Å². The van der Waals surface area contributed by atoms with Crippen LogP contribution in [0.5, 0.6) is 0 Å². The molecule has 1 N–H and O–H groups in total. The molecule has 0 aromatic rings. The Morgan fingerprint density at radius 1 is 1.47 bits per heavy atom. The zero-order chi connectivity index (χ0) is 13.6. The molecule has 1 fully saturated rings. The van der Waals surface area contributed by atoms with Crippen molar-refractivity contribution in [3.8, 4) is 0 Å². The van der Waals surface area contributed by atoms with Gasteiger partial charge in [0.25, 0.3) is 0 Å². The van der Waals surface area contributed by atoms with Crippen LogP contribution in [-0.4, -0.2) is 29.2 Å². The second-order valence-electron chi connectivity index (χ2n) is 4.45. The minimum atomic E-state index is -4.65. The molecule has 0 radical (unpaired) electrons. The van der Waals surface area contributed by atoms with Crippen molar-refractivity contribution >= 4 is 17.6 Å². The summed E-state index contributed by atoms with van der Waals surface area (Å²) in [6.07, 6.45) is -3.91. The highest BCUT2D eigenvalue weighted by atomic mass is 35.5. The van der Waals surface area contributed by atoms with E-state index in [-0.39, 0.29) is 0 Å². The summed E-state index contributed by atoms with van der Waals surface area (Å²) in [4.78, 5) is 9.24. The SMILES string of the molecule is COC(=CC1C(C)(C)C1(Cl)C(=O)O)C(F)(F)F. The maximum Gasteiger partial charge on any atom is 0.448 e. The molecule has 0 heterocycles. The number of allylic oxidation sites excluding steroid dienone is 2. The summed E-state index contributed by atoms with van der Waals surface area (Å²) in [5, 5.41) is 8.92. The molecule has 1 saturated carbocycles. The van der Waals surface area contributed by atoms with Crippen LogP contribution in [0.25, 0.3) is 0 Å². The molecule has 1 rings (SSSR count). The molecule has 1 aliphatic rings. The van der Waals surface area contributed by atoms with Crippen LogP contribution in [-0.2, 0) is 9.53 Å². The van der Waals surface area contributed by atoms with E-state index in [1.807, 2.05) is 0 Å². The fourth-order valence-electron chi connectivity index (χ4n) is 1.91. The average molecular weight is 273 g/mol. The molecule has 1 aliphatic carbocycles. The molecule has 2 atom stereocenters. The Hall–Kier alpha value is -0.910. The maximum absolute atomic E-state index is 12.4. The Morgan fingerprint density at radius 2 is 1.94 bits per heavy atom. The van der Waals surface area contributed by atoms with E-state index >= 15 is 0 Å². The van der Waals surface area contributed by atoms with Crippen LogP contribution in [0, 0.1) is 11.3 Å². The highest BCUT2D eigenvalue weighted by molar-refractivity contribution is 6.37. The first-order valence-electron chi connectivity index (χ1n) is 4.75. The van der Waals surface area contributed by atoms with Crippen LogP contribution < -0.4 is 0 Å². The Kier molecular flexibility index (Phi) is 3.16. The lowest BCUT2D eigenvalue weighted by Gasteiger charge is -2.10. The molecule has 0 aliphatic heterocycles. The van der Waals surface area contributed by atoms with Gasteiger partial charge in [-0.1, -0.05) is 13.8 Å². The lowest BCUT2D eigenvalue weighted by molar-refractivity contribution is -0.138. The van der Waals surface area contributed by atoms with Gasteiger partial charge in [-0.3, -0.25) is 4.79 Å². The number of hydrogen-bond donors (Lipinski definition) is 1. The number of rotatable bonds is 3. The number of carboxylic acids is 1. The molecule has 17 heavy (non-hydrogen) atoms. The van der Waals surface area contributed by atoms with Gasteiger partial charge in [0.1, 0.15) is 0 Å². The van der Waals surface area contributed by atoms with Gasteiger partial charge in [-0.15, -0.1) is 11.6 Å². The number of carboxylic acid groups (broad SMARTS) is 1. The van der Waals surface area contributed by atoms with Crippen molar-refractivity contribution in [2.45, 2.75) is 24.9 Å². The standard InChI is InChI=1S/C10H12ClF3O3/c1-8(2)5(9(8,11)7(15)16)4-6(17-3)10(12,13)14/h4-5H,1-3H3,(H,15,16). The summed E-state index contributed by atoms with van der Waals surface area (Å²) in [6, 6.07) is 0. The molecule has 0 amide bonds. The van der Waals surface area contributed by atoms with E-state index in [1.165, 1.54) is 13.8 Å². The van der Waals surface area contributed by atoms with E-state index in [9.17, 15) is 18.0 Å². The number of hydrogen-bond acceptors (Lipinski definition) is 2. The number of carbonyl (C=O) groups is 1. The first kappa shape index (κ1) is 14.2. The minimum absolute atomic E-state index is 0.737. The van der Waals surface area contributed by atoms with Crippen LogP contribution in [0.3, 0.4) is 0 Å². The van der Waals surface area contributed by atoms with E-state index in [0.717, 1.165) is 13.2 Å². The third-order valence-electron chi connectivity index (χ3n) is 3.19. The van der Waals surface area contributed by atoms with Crippen LogP contribution in [0.2, 0.25) is 0 Å². The second kappa shape index (κ2) is 3.80. The fourth-order valence-corrected chi connectivity index (χ4v) is 2.31. The van der Waals surface area contributed by atoms with E-state index in [4.69, 9.17) is 16.7 Å². The predicted molar refractivity (Wildman–Crippen MR) is 54.6 cm³/mol. The maximum atomic E-state index is 12.4. The molecule has 3 nitrogen and oxygen atoms in total. The Bertz CT molecular complexity index is 375. The van der Waals surface area contributed by atoms with Crippen molar-refractivity contribution in [2.24, 2.45) is 11.3 Å². The number of methoxy groups -OCH3 is 1. The quantitative estimate of drug-likeness (QED) is 0.635. The highest BCUT2D eigenvalue weighted by Crippen LogP contribution is 2.67. The van der Waals surface area contributed by atoms with Gasteiger partial charge in [0.05, 0.1) is 7.11 Å². The summed E-state index contributed by atoms with van der Waals surface area (Å²) in [6.45, 7) is 3.00. The first-order chi connectivity index (χ1) is 7.49. The monoisotopic (exact) mass is 272 g/mol. The van der Waals surface area contributed by atoms with Gasteiger partial charge in [-0.25, -0.2) is 0 Å². The van der Waals surface area contributed by atoms with E-state index in [1.54, 1.807) is 0 Å². The smallest absolute Gasteiger partial charge is 0.448 e. The zero-order valence-corrected chi connectivity index (χ0v) is 10.2. The Labute approximate surface area is 101 Å². The van der Waals surface area contributed by atoms with Crippen molar-refractivity contribution in [3.05, 3.63) is 11.8 Å². The minimum Gasteiger partial charge on any atom is -0.492 e. The number of alkyl halides is 4. The molecule has 7 heteroatoms. The third kappa shape index (κ3) is 1.99. The number of aliphatic carboxylic acids is 1.